The van der Waals surface area contributed by atoms with Gasteiger partial charge in [-0.25, -0.2) is 4.99 Å². The summed E-state index contributed by atoms with van der Waals surface area (Å²) in [6, 6.07) is 72.0. The highest BCUT2D eigenvalue weighted by Gasteiger charge is 2.41. The first-order chi connectivity index (χ1) is 30.9. The number of aromatic amines is 1. The van der Waals surface area contributed by atoms with Gasteiger partial charge in [-0.05, 0) is 108 Å². The Balaban J connectivity index is 0.995. The van der Waals surface area contributed by atoms with Gasteiger partial charge < -0.3 is 15.3 Å². The minimum atomic E-state index is -0.592. The van der Waals surface area contributed by atoms with Gasteiger partial charge in [0, 0.05) is 33.6 Å². The second-order valence-electron chi connectivity index (χ2n) is 17.3. The van der Waals surface area contributed by atoms with Crippen LogP contribution in [0.4, 0.5) is 0 Å². The molecule has 0 aliphatic heterocycles. The van der Waals surface area contributed by atoms with Gasteiger partial charge in [-0.2, -0.15) is 0 Å². The number of H-pyrrole nitrogens is 1. The number of nitrogens with one attached hydrogen (secondary N) is 1. The van der Waals surface area contributed by atoms with Crippen molar-refractivity contribution in [2.75, 3.05) is 0 Å². The lowest BCUT2D eigenvalue weighted by atomic mass is 9.78. The van der Waals surface area contributed by atoms with Crippen molar-refractivity contribution in [3.63, 3.8) is 0 Å². The maximum atomic E-state index is 6.99. The van der Waals surface area contributed by atoms with Crippen molar-refractivity contribution in [2.24, 2.45) is 10.7 Å². The molecule has 0 spiro atoms. The molecule has 11 aromatic rings. The zero-order valence-corrected chi connectivity index (χ0v) is 35.2. The van der Waals surface area contributed by atoms with E-state index in [-0.39, 0.29) is 5.41 Å². The molecule has 1 unspecified atom stereocenters. The summed E-state index contributed by atoms with van der Waals surface area (Å²) in [4.78, 5) is 8.62. The van der Waals surface area contributed by atoms with Gasteiger partial charge >= 0.3 is 0 Å². The average Bonchev–Trinajstić information content (AvgIpc) is 3.81. The molecule has 12 rings (SSSR count). The third kappa shape index (κ3) is 5.83. The molecule has 4 nitrogen and oxygen atoms in total. The third-order valence-electron chi connectivity index (χ3n) is 13.3. The predicted octanol–water partition coefficient (Wildman–Crippen LogP) is 14.3. The van der Waals surface area contributed by atoms with E-state index < -0.39 is 6.17 Å². The number of pyridine rings is 1. The fourth-order valence-electron chi connectivity index (χ4n) is 10.5. The Morgan fingerprint density at radius 3 is 1.84 bits per heavy atom. The molecule has 0 radical (unpaired) electrons. The Bertz CT molecular complexity index is 3670. The van der Waals surface area contributed by atoms with E-state index in [1.54, 1.807) is 0 Å². The smallest absolute Gasteiger partial charge is 0.135 e. The Hall–Kier alpha value is -7.79. The molecule has 0 amide bonds. The van der Waals surface area contributed by atoms with Crippen molar-refractivity contribution < 1.29 is 0 Å². The summed E-state index contributed by atoms with van der Waals surface area (Å²) in [5.41, 5.74) is 23.9. The number of aromatic nitrogens is 2. The van der Waals surface area contributed by atoms with Crippen LogP contribution in [0.25, 0.3) is 93.5 Å². The zero-order chi connectivity index (χ0) is 42.2. The highest BCUT2D eigenvalue weighted by atomic mass is 15.0. The van der Waals surface area contributed by atoms with E-state index in [1.165, 1.54) is 65.6 Å². The molecule has 63 heavy (non-hydrogen) atoms. The molecular weight excluding hydrogens is 765 g/mol. The lowest BCUT2D eigenvalue weighted by molar-refractivity contribution is 0.670. The van der Waals surface area contributed by atoms with E-state index in [0.717, 1.165) is 50.1 Å². The standard InChI is InChI=1S/C59H44N4/c1-59(2)54-48-29-12-10-26-45(48)44-25-9-11-28-47(44)53(54)50-32-31-49-46-27-13-14-30-52(46)63(56(49)55(50)59)43-24-16-22-40(34-43)39-21-15-23-41(33-39)57(60)62-58-51(38-19-7-4-8-20-38)35-42(36-61-58)37-17-5-3-6-18-37/h3-36,57H,60H2,1-2H3,(H,61,62). The predicted molar refractivity (Wildman–Crippen MR) is 263 cm³/mol. The van der Waals surface area contributed by atoms with E-state index in [0.29, 0.717) is 0 Å². The fourth-order valence-corrected chi connectivity index (χ4v) is 10.5. The molecule has 300 valence electrons. The molecule has 0 bridgehead atoms. The van der Waals surface area contributed by atoms with Crippen molar-refractivity contribution in [1.82, 2.24) is 9.55 Å². The number of para-hydroxylation sites is 1. The van der Waals surface area contributed by atoms with Crippen LogP contribution in [0.2, 0.25) is 0 Å². The quantitative estimate of drug-likeness (QED) is 0.162. The number of nitrogens with zero attached hydrogens (tertiary/aromatic N) is 2. The molecule has 0 saturated heterocycles. The summed E-state index contributed by atoms with van der Waals surface area (Å²) < 4.78 is 2.51. The number of hydrogen-bond acceptors (Lipinski definition) is 2. The minimum absolute atomic E-state index is 0.273. The summed E-state index contributed by atoms with van der Waals surface area (Å²) in [5, 5.41) is 7.76. The minimum Gasteiger partial charge on any atom is -0.346 e. The van der Waals surface area contributed by atoms with Crippen LogP contribution in [0, 0.1) is 0 Å². The molecule has 1 atom stereocenters. The number of nitrogens with two attached hydrogens (primary N) is 1. The Morgan fingerprint density at radius 2 is 1.08 bits per heavy atom. The molecule has 0 fully saturated rings. The van der Waals surface area contributed by atoms with Gasteiger partial charge in [0.15, 0.2) is 0 Å². The van der Waals surface area contributed by atoms with Crippen LogP contribution >= 0.6 is 0 Å². The summed E-state index contributed by atoms with van der Waals surface area (Å²) >= 11 is 0. The van der Waals surface area contributed by atoms with Crippen molar-refractivity contribution in [2.45, 2.75) is 25.4 Å². The first-order valence-electron chi connectivity index (χ1n) is 21.8. The second-order valence-corrected chi connectivity index (χ2v) is 17.3. The van der Waals surface area contributed by atoms with E-state index in [1.807, 2.05) is 18.3 Å². The van der Waals surface area contributed by atoms with Crippen molar-refractivity contribution >= 4 is 43.4 Å². The first kappa shape index (κ1) is 37.0. The molecule has 2 heterocycles. The molecule has 9 aromatic carbocycles. The van der Waals surface area contributed by atoms with Gasteiger partial charge in [-0.3, -0.25) is 0 Å². The third-order valence-corrected chi connectivity index (χ3v) is 13.3. The highest BCUT2D eigenvalue weighted by Crippen LogP contribution is 2.57. The van der Waals surface area contributed by atoms with Gasteiger partial charge in [-0.15, -0.1) is 0 Å². The maximum Gasteiger partial charge on any atom is 0.135 e. The maximum absolute atomic E-state index is 6.99. The van der Waals surface area contributed by atoms with Crippen LogP contribution in [0.1, 0.15) is 36.7 Å². The van der Waals surface area contributed by atoms with E-state index in [2.05, 4.69) is 211 Å². The molecule has 0 saturated carbocycles. The van der Waals surface area contributed by atoms with Crippen molar-refractivity contribution in [1.29, 1.82) is 0 Å². The summed E-state index contributed by atoms with van der Waals surface area (Å²) in [5.74, 6) is 0. The molecule has 1 aliphatic rings. The lowest BCUT2D eigenvalue weighted by Gasteiger charge is -2.25. The molecule has 2 aromatic heterocycles. The molecular formula is C59H44N4. The first-order valence-corrected chi connectivity index (χ1v) is 21.8. The van der Waals surface area contributed by atoms with Crippen LogP contribution in [0.15, 0.2) is 211 Å². The lowest BCUT2D eigenvalue weighted by Crippen LogP contribution is -2.18. The van der Waals surface area contributed by atoms with Gasteiger partial charge in [0.25, 0.3) is 0 Å². The monoisotopic (exact) mass is 808 g/mol. The Kier molecular flexibility index (Phi) is 8.46. The Morgan fingerprint density at radius 1 is 0.476 bits per heavy atom. The SMILES string of the molecule is CC1(C)c2c(c3ccccc3c3ccccc23)-c2ccc3c4ccccc4n(-c4cccc(-c5cccc(C(N)N=c6[nH]cc(-c7ccccc7)cc6-c6ccccc6)c5)c4)c3c21. The summed E-state index contributed by atoms with van der Waals surface area (Å²) in [6.07, 6.45) is 1.43. The summed E-state index contributed by atoms with van der Waals surface area (Å²) in [6.45, 7) is 4.85. The number of benzene rings is 9. The van der Waals surface area contributed by atoms with Gasteiger partial charge in [0.2, 0.25) is 0 Å². The van der Waals surface area contributed by atoms with Crippen LogP contribution in [0.5, 0.6) is 0 Å². The van der Waals surface area contributed by atoms with Gasteiger partial charge in [0.05, 0.1) is 11.0 Å². The fraction of sp³-hybridized carbons (Fsp3) is 0.0678. The van der Waals surface area contributed by atoms with Crippen LogP contribution in [-0.2, 0) is 5.41 Å². The summed E-state index contributed by atoms with van der Waals surface area (Å²) in [7, 11) is 0. The number of hydrogen-bond donors (Lipinski definition) is 2. The number of rotatable bonds is 6. The molecule has 1 aliphatic carbocycles. The van der Waals surface area contributed by atoms with Crippen LogP contribution in [0.3, 0.4) is 0 Å². The topological polar surface area (TPSA) is 59.1 Å². The van der Waals surface area contributed by atoms with E-state index in [9.17, 15) is 0 Å². The average molecular weight is 809 g/mol. The molecule has 3 N–H and O–H groups in total. The van der Waals surface area contributed by atoms with Crippen molar-refractivity contribution in [3.8, 4) is 50.2 Å². The van der Waals surface area contributed by atoms with Gasteiger partial charge in [-0.1, -0.05) is 184 Å². The van der Waals surface area contributed by atoms with Crippen LogP contribution in [-0.4, -0.2) is 9.55 Å². The highest BCUT2D eigenvalue weighted by molar-refractivity contribution is 6.21. The van der Waals surface area contributed by atoms with Crippen molar-refractivity contribution in [3.05, 3.63) is 229 Å². The normalized spacial score (nSPS) is 13.8. The largest absolute Gasteiger partial charge is 0.346 e. The van der Waals surface area contributed by atoms with Gasteiger partial charge in [0.1, 0.15) is 11.7 Å². The molecule has 4 heteroatoms. The Labute approximate surface area is 366 Å². The van der Waals surface area contributed by atoms with Crippen LogP contribution < -0.4 is 11.2 Å². The van der Waals surface area contributed by atoms with E-state index >= 15 is 0 Å². The van der Waals surface area contributed by atoms with E-state index in [4.69, 9.17) is 10.7 Å². The second kappa shape index (κ2) is 14.4. The zero-order valence-electron chi connectivity index (χ0n) is 35.2. The number of fused-ring (bicyclic) bond motifs is 12.